The average Bonchev–Trinajstić information content (AvgIpc) is 3.05. The fraction of sp³-hybridized carbons (Fsp3) is 0.368. The Morgan fingerprint density at radius 1 is 1.27 bits per heavy atom. The minimum absolute atomic E-state index is 0.0629. The normalized spacial score (nSPS) is 16.2. The van der Waals surface area contributed by atoms with Crippen molar-refractivity contribution in [2.45, 2.75) is 39.2 Å². The third-order valence-corrected chi connectivity index (χ3v) is 4.63. The van der Waals surface area contributed by atoms with Crippen molar-refractivity contribution in [1.82, 2.24) is 0 Å². The summed E-state index contributed by atoms with van der Waals surface area (Å²) in [5.41, 5.74) is 1.26. The van der Waals surface area contributed by atoms with E-state index in [0.29, 0.717) is 28.3 Å². The van der Waals surface area contributed by atoms with Crippen LogP contribution in [0.2, 0.25) is 0 Å². The number of unbranched alkanes of at least 4 members (excludes halogenated alkanes) is 2. The number of carbonyl (C=O) groups is 2. The lowest BCUT2D eigenvalue weighted by molar-refractivity contribution is -0.125. The number of carbonyl (C=O) groups excluding carboxylic acids is 2. The van der Waals surface area contributed by atoms with Crippen molar-refractivity contribution in [2.75, 3.05) is 16.8 Å². The Balaban J connectivity index is 1.82. The molecule has 1 N–H and O–H groups in total. The van der Waals surface area contributed by atoms with E-state index in [9.17, 15) is 9.59 Å². The van der Waals surface area contributed by atoms with Crippen molar-refractivity contribution in [3.05, 3.63) is 40.8 Å². The number of fused-ring (bicyclic) bond motifs is 1. The lowest BCUT2D eigenvalue weighted by Crippen LogP contribution is -2.44. The fourth-order valence-corrected chi connectivity index (χ4v) is 3.17. The Kier molecular flexibility index (Phi) is 5.66. The number of rotatable bonds is 6. The Hall–Kier alpha value is -2.28. The summed E-state index contributed by atoms with van der Waals surface area (Å²) in [7, 11) is 0. The van der Waals surface area contributed by atoms with Gasteiger partial charge in [-0.15, -0.1) is 0 Å². The highest BCUT2D eigenvalue weighted by molar-refractivity contribution is 9.10. The summed E-state index contributed by atoms with van der Waals surface area (Å²) >= 11 is 3.18. The highest BCUT2D eigenvalue weighted by Crippen LogP contribution is 2.36. The number of anilines is 2. The van der Waals surface area contributed by atoms with E-state index in [1.807, 2.05) is 0 Å². The van der Waals surface area contributed by atoms with Crippen LogP contribution >= 0.6 is 15.9 Å². The van der Waals surface area contributed by atoms with Gasteiger partial charge in [0.2, 0.25) is 0 Å². The predicted octanol–water partition coefficient (Wildman–Crippen LogP) is 4.60. The summed E-state index contributed by atoms with van der Waals surface area (Å²) in [4.78, 5) is 26.5. The number of halogens is 1. The van der Waals surface area contributed by atoms with Crippen molar-refractivity contribution < 1.29 is 18.7 Å². The number of hydrogen-bond donors (Lipinski definition) is 1. The molecule has 3 rings (SSSR count). The van der Waals surface area contributed by atoms with Crippen LogP contribution in [-0.4, -0.2) is 24.5 Å². The molecule has 2 aromatic rings. The number of ether oxygens (including phenoxy) is 1. The third kappa shape index (κ3) is 3.93. The maximum atomic E-state index is 12.5. The standard InChI is InChI=1S/C19H21BrN2O4/c1-3-4-5-10-22-14-11-13(6-7-15(14)25-12(2)19(22)24)21-18(23)16-8-9-17(20)26-16/h6-9,11-12H,3-5,10H2,1-2H3,(H,21,23). The van der Waals surface area contributed by atoms with Gasteiger partial charge in [0.1, 0.15) is 5.75 Å². The molecular weight excluding hydrogens is 400 g/mol. The van der Waals surface area contributed by atoms with Gasteiger partial charge in [-0.05, 0) is 59.6 Å². The van der Waals surface area contributed by atoms with Crippen LogP contribution in [0.5, 0.6) is 5.75 Å². The number of nitrogens with zero attached hydrogens (tertiary/aromatic N) is 1. The Morgan fingerprint density at radius 3 is 2.77 bits per heavy atom. The van der Waals surface area contributed by atoms with Crippen LogP contribution in [-0.2, 0) is 4.79 Å². The van der Waals surface area contributed by atoms with Gasteiger partial charge < -0.3 is 19.4 Å². The fourth-order valence-electron chi connectivity index (χ4n) is 2.86. The topological polar surface area (TPSA) is 71.8 Å². The monoisotopic (exact) mass is 420 g/mol. The first-order valence-corrected chi connectivity index (χ1v) is 9.47. The van der Waals surface area contributed by atoms with E-state index in [0.717, 1.165) is 19.3 Å². The highest BCUT2D eigenvalue weighted by Gasteiger charge is 2.31. The highest BCUT2D eigenvalue weighted by atomic mass is 79.9. The van der Waals surface area contributed by atoms with E-state index >= 15 is 0 Å². The molecule has 2 amide bonds. The van der Waals surface area contributed by atoms with E-state index in [-0.39, 0.29) is 17.6 Å². The SMILES string of the molecule is CCCCCN1C(=O)C(C)Oc2ccc(NC(=O)c3ccc(Br)o3)cc21. The van der Waals surface area contributed by atoms with Crippen LogP contribution in [0.15, 0.2) is 39.4 Å². The van der Waals surface area contributed by atoms with Crippen LogP contribution in [0.1, 0.15) is 43.7 Å². The van der Waals surface area contributed by atoms with E-state index < -0.39 is 6.10 Å². The van der Waals surface area contributed by atoms with Gasteiger partial charge in [-0.2, -0.15) is 0 Å². The zero-order valence-corrected chi connectivity index (χ0v) is 16.3. The average molecular weight is 421 g/mol. The van der Waals surface area contributed by atoms with Crippen molar-refractivity contribution in [3.8, 4) is 5.75 Å². The molecule has 1 atom stereocenters. The van der Waals surface area contributed by atoms with E-state index in [1.54, 1.807) is 42.2 Å². The molecular formula is C19H21BrN2O4. The van der Waals surface area contributed by atoms with Crippen LogP contribution in [0.4, 0.5) is 11.4 Å². The van der Waals surface area contributed by atoms with E-state index in [2.05, 4.69) is 28.2 Å². The first-order chi connectivity index (χ1) is 12.5. The lowest BCUT2D eigenvalue weighted by atomic mass is 10.1. The molecule has 0 spiro atoms. The second kappa shape index (κ2) is 7.95. The molecule has 7 heteroatoms. The molecule has 6 nitrogen and oxygen atoms in total. The molecule has 138 valence electrons. The van der Waals surface area contributed by atoms with Gasteiger partial charge >= 0.3 is 0 Å². The van der Waals surface area contributed by atoms with Gasteiger partial charge in [-0.1, -0.05) is 19.8 Å². The maximum absolute atomic E-state index is 12.5. The van der Waals surface area contributed by atoms with E-state index in [1.165, 1.54) is 0 Å². The zero-order valence-electron chi connectivity index (χ0n) is 14.8. The van der Waals surface area contributed by atoms with Crippen molar-refractivity contribution in [1.29, 1.82) is 0 Å². The first-order valence-electron chi connectivity index (χ1n) is 8.68. The van der Waals surface area contributed by atoms with Crippen molar-refractivity contribution in [2.24, 2.45) is 0 Å². The van der Waals surface area contributed by atoms with Gasteiger partial charge in [-0.25, -0.2) is 0 Å². The molecule has 1 aliphatic heterocycles. The van der Waals surface area contributed by atoms with Gasteiger partial charge in [0, 0.05) is 12.2 Å². The molecule has 0 bridgehead atoms. The summed E-state index contributed by atoms with van der Waals surface area (Å²) in [6.45, 7) is 4.51. The Labute approximate surface area is 160 Å². The predicted molar refractivity (Wildman–Crippen MR) is 103 cm³/mol. The summed E-state index contributed by atoms with van der Waals surface area (Å²) in [5.74, 6) is 0.430. The largest absolute Gasteiger partial charge is 0.479 e. The maximum Gasteiger partial charge on any atom is 0.291 e. The summed E-state index contributed by atoms with van der Waals surface area (Å²) in [6, 6.07) is 8.54. The number of amides is 2. The molecule has 26 heavy (non-hydrogen) atoms. The second-order valence-electron chi connectivity index (χ2n) is 6.20. The quantitative estimate of drug-likeness (QED) is 0.693. The van der Waals surface area contributed by atoms with Crippen LogP contribution in [0, 0.1) is 0 Å². The van der Waals surface area contributed by atoms with Crippen LogP contribution in [0.25, 0.3) is 0 Å². The van der Waals surface area contributed by atoms with Crippen LogP contribution in [0.3, 0.4) is 0 Å². The van der Waals surface area contributed by atoms with Gasteiger partial charge in [0.25, 0.3) is 11.8 Å². The molecule has 0 radical (unpaired) electrons. The van der Waals surface area contributed by atoms with Gasteiger partial charge in [0.15, 0.2) is 16.5 Å². The number of nitrogens with one attached hydrogen (secondary N) is 1. The Morgan fingerprint density at radius 2 is 2.08 bits per heavy atom. The molecule has 0 saturated carbocycles. The lowest BCUT2D eigenvalue weighted by Gasteiger charge is -2.33. The molecule has 1 aliphatic rings. The smallest absolute Gasteiger partial charge is 0.291 e. The van der Waals surface area contributed by atoms with Crippen molar-refractivity contribution >= 4 is 39.1 Å². The summed E-state index contributed by atoms with van der Waals surface area (Å²) < 4.78 is 11.5. The minimum atomic E-state index is -0.509. The molecule has 0 saturated heterocycles. The minimum Gasteiger partial charge on any atom is -0.479 e. The third-order valence-electron chi connectivity index (χ3n) is 4.21. The Bertz CT molecular complexity index is 818. The zero-order chi connectivity index (χ0) is 18.7. The first kappa shape index (κ1) is 18.5. The van der Waals surface area contributed by atoms with Crippen LogP contribution < -0.4 is 15.0 Å². The summed E-state index contributed by atoms with van der Waals surface area (Å²) in [5, 5.41) is 2.79. The molecule has 2 heterocycles. The number of hydrogen-bond acceptors (Lipinski definition) is 4. The molecule has 0 aliphatic carbocycles. The molecule has 1 aromatic carbocycles. The molecule has 1 aromatic heterocycles. The number of benzene rings is 1. The van der Waals surface area contributed by atoms with Crippen molar-refractivity contribution in [3.63, 3.8) is 0 Å². The number of furan rings is 1. The van der Waals surface area contributed by atoms with Gasteiger partial charge in [0.05, 0.1) is 5.69 Å². The molecule has 1 unspecified atom stereocenters. The van der Waals surface area contributed by atoms with Gasteiger partial charge in [-0.3, -0.25) is 9.59 Å². The van der Waals surface area contributed by atoms with E-state index in [4.69, 9.17) is 9.15 Å². The second-order valence-corrected chi connectivity index (χ2v) is 6.98. The summed E-state index contributed by atoms with van der Waals surface area (Å²) in [6.07, 6.45) is 2.55. The molecule has 0 fully saturated rings.